The lowest BCUT2D eigenvalue weighted by Gasteiger charge is -2.02. The highest BCUT2D eigenvalue weighted by Gasteiger charge is 2.24. The molecular formula is C14H12N2O4S. The van der Waals surface area contributed by atoms with Crippen LogP contribution in [0.25, 0.3) is 0 Å². The predicted molar refractivity (Wildman–Crippen MR) is 79.1 cm³/mol. The molecule has 0 aliphatic carbocycles. The fourth-order valence-electron chi connectivity index (χ4n) is 1.71. The summed E-state index contributed by atoms with van der Waals surface area (Å²) in [4.78, 5) is 9.85. The Balaban J connectivity index is 2.45. The molecular weight excluding hydrogens is 292 g/mol. The van der Waals surface area contributed by atoms with Crippen LogP contribution in [0.3, 0.4) is 0 Å². The Morgan fingerprint density at radius 3 is 2.43 bits per heavy atom. The summed E-state index contributed by atoms with van der Waals surface area (Å²) in [5.74, 6) is 0. The van der Waals surface area contributed by atoms with Gasteiger partial charge < -0.3 is 0 Å². The number of hydrogen-bond acceptors (Lipinski definition) is 4. The molecule has 21 heavy (non-hydrogen) atoms. The maximum absolute atomic E-state index is 12.1. The highest BCUT2D eigenvalue weighted by Crippen LogP contribution is 2.26. The molecule has 0 heterocycles. The van der Waals surface area contributed by atoms with E-state index < -0.39 is 25.5 Å². The molecule has 6 nitrogen and oxygen atoms in total. The summed E-state index contributed by atoms with van der Waals surface area (Å²) in [6, 6.07) is 12.5. The summed E-state index contributed by atoms with van der Waals surface area (Å²) in [5, 5.41) is 11.0. The number of rotatable bonds is 4. The van der Waals surface area contributed by atoms with Crippen molar-refractivity contribution in [3.63, 3.8) is 0 Å². The summed E-state index contributed by atoms with van der Waals surface area (Å²) in [5.41, 5.74) is 0.726. The number of nitro benzene ring substituents is 1. The summed E-state index contributed by atoms with van der Waals surface area (Å²) >= 11 is 0. The zero-order chi connectivity index (χ0) is 15.5. The molecule has 0 aliphatic heterocycles. The minimum Gasteiger partial charge on any atom is -0.258 e. The van der Waals surface area contributed by atoms with E-state index in [1.165, 1.54) is 24.4 Å². The normalized spacial score (nSPS) is 11.7. The van der Waals surface area contributed by atoms with Crippen molar-refractivity contribution in [3.8, 4) is 0 Å². The molecule has 0 saturated heterocycles. The van der Waals surface area contributed by atoms with Gasteiger partial charge in [0.2, 0.25) is 0 Å². The van der Waals surface area contributed by atoms with Gasteiger partial charge in [-0.15, -0.1) is 0 Å². The van der Waals surface area contributed by atoms with Crippen molar-refractivity contribution in [2.75, 3.05) is 0 Å². The number of sulfonamides is 1. The van der Waals surface area contributed by atoms with Gasteiger partial charge in [-0.05, 0) is 24.1 Å². The minimum absolute atomic E-state index is 0.412. The second kappa shape index (κ2) is 5.84. The molecule has 2 rings (SSSR count). The van der Waals surface area contributed by atoms with E-state index in [0.717, 1.165) is 0 Å². The van der Waals surface area contributed by atoms with Crippen LogP contribution in [-0.4, -0.2) is 19.6 Å². The fraction of sp³-hybridized carbons (Fsp3) is 0.0714. The third kappa shape index (κ3) is 3.51. The van der Waals surface area contributed by atoms with E-state index in [1.807, 2.05) is 0 Å². The lowest BCUT2D eigenvalue weighted by Crippen LogP contribution is -2.03. The van der Waals surface area contributed by atoms with Gasteiger partial charge in [-0.3, -0.25) is 10.1 Å². The Morgan fingerprint density at radius 1 is 1.14 bits per heavy atom. The van der Waals surface area contributed by atoms with Gasteiger partial charge in [-0.25, -0.2) is 0 Å². The van der Waals surface area contributed by atoms with E-state index in [-0.39, 0.29) is 0 Å². The Hall–Kier alpha value is -2.54. The Bertz CT molecular complexity index is 799. The number of aryl methyl sites for hydroxylation is 1. The smallest absolute Gasteiger partial charge is 0.258 e. The number of hydrogen-bond donors (Lipinski definition) is 0. The van der Waals surface area contributed by atoms with Crippen LogP contribution < -0.4 is 0 Å². The SMILES string of the molecule is Cc1ccc(S(=O)(=O)N=Cc2ccccc2)c([N+](=O)[O-])c1. The molecule has 0 aliphatic rings. The lowest BCUT2D eigenvalue weighted by molar-refractivity contribution is -0.387. The third-order valence-corrected chi connectivity index (χ3v) is 4.01. The van der Waals surface area contributed by atoms with Gasteiger partial charge in [0.25, 0.3) is 15.7 Å². The summed E-state index contributed by atoms with van der Waals surface area (Å²) in [6.07, 6.45) is 1.17. The Kier molecular flexibility index (Phi) is 4.13. The van der Waals surface area contributed by atoms with Gasteiger partial charge in [0.1, 0.15) is 0 Å². The average molecular weight is 304 g/mol. The van der Waals surface area contributed by atoms with Crippen molar-refractivity contribution in [1.29, 1.82) is 0 Å². The average Bonchev–Trinajstić information content (AvgIpc) is 2.46. The molecule has 0 saturated carbocycles. The molecule has 0 aromatic heterocycles. The van der Waals surface area contributed by atoms with Crippen molar-refractivity contribution >= 4 is 21.9 Å². The van der Waals surface area contributed by atoms with Gasteiger partial charge in [0, 0.05) is 12.3 Å². The van der Waals surface area contributed by atoms with Crippen molar-refractivity contribution in [3.05, 3.63) is 69.8 Å². The van der Waals surface area contributed by atoms with E-state index in [4.69, 9.17) is 0 Å². The quantitative estimate of drug-likeness (QED) is 0.493. The van der Waals surface area contributed by atoms with Gasteiger partial charge in [0.05, 0.1) is 4.92 Å². The topological polar surface area (TPSA) is 89.6 Å². The van der Waals surface area contributed by atoms with Crippen molar-refractivity contribution in [2.45, 2.75) is 11.8 Å². The highest BCUT2D eigenvalue weighted by atomic mass is 32.2. The van der Waals surface area contributed by atoms with Gasteiger partial charge >= 0.3 is 0 Å². The molecule has 0 fully saturated rings. The third-order valence-electron chi connectivity index (χ3n) is 2.73. The number of nitro groups is 1. The number of benzene rings is 2. The first-order valence-corrected chi connectivity index (χ1v) is 7.44. The van der Waals surface area contributed by atoms with Crippen molar-refractivity contribution in [1.82, 2.24) is 0 Å². The van der Waals surface area contributed by atoms with Crippen LogP contribution in [-0.2, 0) is 10.0 Å². The molecule has 0 spiro atoms. The summed E-state index contributed by atoms with van der Waals surface area (Å²) < 4.78 is 27.8. The summed E-state index contributed by atoms with van der Waals surface area (Å²) in [6.45, 7) is 1.65. The Labute approximate surface area is 122 Å². The molecule has 0 atom stereocenters. The molecule has 2 aromatic rings. The molecule has 0 radical (unpaired) electrons. The summed E-state index contributed by atoms with van der Waals surface area (Å²) in [7, 11) is -4.12. The maximum atomic E-state index is 12.1. The first kappa shape index (κ1) is 14.9. The van der Waals surface area contributed by atoms with Gasteiger partial charge in [-0.1, -0.05) is 36.4 Å². The molecule has 2 aromatic carbocycles. The van der Waals surface area contributed by atoms with Crippen LogP contribution in [0.4, 0.5) is 5.69 Å². The second-order valence-electron chi connectivity index (χ2n) is 4.35. The highest BCUT2D eigenvalue weighted by molar-refractivity contribution is 7.90. The largest absolute Gasteiger partial charge is 0.290 e. The van der Waals surface area contributed by atoms with Crippen molar-refractivity contribution in [2.24, 2.45) is 4.40 Å². The first-order chi connectivity index (χ1) is 9.90. The molecule has 108 valence electrons. The standard InChI is InChI=1S/C14H12N2O4S/c1-11-7-8-14(13(9-11)16(17)18)21(19,20)15-10-12-5-3-2-4-6-12/h2-10H,1H3. The van der Waals surface area contributed by atoms with Crippen LogP contribution in [0.5, 0.6) is 0 Å². The Morgan fingerprint density at radius 2 is 1.81 bits per heavy atom. The number of nitrogens with zero attached hydrogens (tertiary/aromatic N) is 2. The molecule has 0 amide bonds. The van der Waals surface area contributed by atoms with Crippen LogP contribution >= 0.6 is 0 Å². The van der Waals surface area contributed by atoms with E-state index >= 15 is 0 Å². The second-order valence-corrected chi connectivity index (χ2v) is 5.95. The fourth-order valence-corrected chi connectivity index (χ4v) is 2.73. The van der Waals surface area contributed by atoms with Gasteiger partial charge in [-0.2, -0.15) is 12.8 Å². The monoisotopic (exact) mass is 304 g/mol. The maximum Gasteiger partial charge on any atom is 0.290 e. The van der Waals surface area contributed by atoms with Gasteiger partial charge in [0.15, 0.2) is 4.90 Å². The van der Waals surface area contributed by atoms with E-state index in [9.17, 15) is 18.5 Å². The van der Waals surface area contributed by atoms with E-state index in [0.29, 0.717) is 11.1 Å². The van der Waals surface area contributed by atoms with Crippen LogP contribution in [0.1, 0.15) is 11.1 Å². The van der Waals surface area contributed by atoms with E-state index in [1.54, 1.807) is 37.3 Å². The molecule has 7 heteroatoms. The van der Waals surface area contributed by atoms with Crippen molar-refractivity contribution < 1.29 is 13.3 Å². The van der Waals surface area contributed by atoms with Crippen LogP contribution in [0.2, 0.25) is 0 Å². The lowest BCUT2D eigenvalue weighted by atomic mass is 10.2. The molecule has 0 unspecified atom stereocenters. The zero-order valence-corrected chi connectivity index (χ0v) is 11.9. The first-order valence-electron chi connectivity index (χ1n) is 6.00. The zero-order valence-electron chi connectivity index (χ0n) is 11.1. The predicted octanol–water partition coefficient (Wildman–Crippen LogP) is 2.71. The van der Waals surface area contributed by atoms with Crippen LogP contribution in [0.15, 0.2) is 57.8 Å². The van der Waals surface area contributed by atoms with Crippen LogP contribution in [0, 0.1) is 17.0 Å². The minimum atomic E-state index is -4.12. The molecule has 0 bridgehead atoms. The molecule has 0 N–H and O–H groups in total. The van der Waals surface area contributed by atoms with E-state index in [2.05, 4.69) is 4.40 Å².